The van der Waals surface area contributed by atoms with Gasteiger partial charge in [-0.05, 0) is 130 Å². The minimum Gasteiger partial charge on any atom is -0.465 e. The minimum atomic E-state index is -4.37. The number of fused-ring (bicyclic) bond motifs is 1. The summed E-state index contributed by atoms with van der Waals surface area (Å²) in [7, 11) is 0. The highest BCUT2D eigenvalue weighted by molar-refractivity contribution is 7.80. The first-order valence-corrected chi connectivity index (χ1v) is 40.8. The minimum absolute atomic E-state index is 0.0889. The van der Waals surface area contributed by atoms with E-state index in [2.05, 4.69) is 211 Å². The third-order valence-electron chi connectivity index (χ3n) is 15.8. The first-order valence-electron chi connectivity index (χ1n) is 35.9. The summed E-state index contributed by atoms with van der Waals surface area (Å²) < 4.78 is 47.2. The number of thiocarbonyl (C=S) groups is 1. The normalized spacial score (nSPS) is 10.7. The number of nitrogens with two attached hydrogens (primary N) is 2. The molecule has 1 amide bonds. The highest BCUT2D eigenvalue weighted by atomic mass is 35.5. The number of thiazole rings is 5. The molecule has 0 saturated heterocycles. The van der Waals surface area contributed by atoms with Crippen LogP contribution in [0.5, 0.6) is 0 Å². The fourth-order valence-electron chi connectivity index (χ4n) is 9.83. The van der Waals surface area contributed by atoms with Gasteiger partial charge in [0.15, 0.2) is 10.5 Å². The summed E-state index contributed by atoms with van der Waals surface area (Å²) in [6.45, 7) is 15.8. The molecule has 20 nitrogen and oxygen atoms in total. The predicted octanol–water partition coefficient (Wildman–Crippen LogP) is 19.7. The van der Waals surface area contributed by atoms with Crippen LogP contribution in [0.1, 0.15) is 135 Å². The Kier molecular flexibility index (Phi) is 38.5. The first kappa shape index (κ1) is 91.4. The van der Waals surface area contributed by atoms with Crippen molar-refractivity contribution in [2.45, 2.75) is 118 Å². The maximum atomic E-state index is 12.6. The average molecular weight is 1690 g/mol. The Morgan fingerprint density at radius 2 is 1.06 bits per heavy atom. The van der Waals surface area contributed by atoms with Crippen molar-refractivity contribution in [2.75, 3.05) is 18.5 Å². The van der Waals surface area contributed by atoms with Crippen molar-refractivity contribution in [2.24, 2.45) is 16.6 Å². The van der Waals surface area contributed by atoms with E-state index in [0.29, 0.717) is 58.7 Å². The van der Waals surface area contributed by atoms with Crippen molar-refractivity contribution in [3.8, 4) is 0 Å². The van der Waals surface area contributed by atoms with Crippen LogP contribution in [-0.4, -0.2) is 82.7 Å². The lowest BCUT2D eigenvalue weighted by atomic mass is 10.1. The molecule has 598 valence electrons. The number of carbonyl (C=O) groups excluding carboxylic acids is 4. The number of pyridine rings is 1. The highest BCUT2D eigenvalue weighted by Gasteiger charge is 2.30. The molecule has 7 N–H and O–H groups in total. The second kappa shape index (κ2) is 48.4. The SMILES string of the molecule is CCOC(=O)C(Cl)C=O.CCOC(=O)c1cnc(Cc2ccc(C)cc2)s1.Cc1ccc(CC(N)=S)cc1.Cc1ccc(Cc2ncc(CN)s2)cc1.Cc1ccc(Cc2ncc(CN=[N+]=[N-])s2)cc1.Cc1ccc(Cc2ncc(CO)s2)cc1.O=C(NCc1cnc(Nc2ccc(C(F)(F)F)cc2)s1)c1ccc2ncccc2c1. The number of benzene rings is 7. The van der Waals surface area contributed by atoms with Crippen LogP contribution in [0.2, 0.25) is 0 Å². The van der Waals surface area contributed by atoms with Gasteiger partial charge in [-0.3, -0.25) is 9.78 Å². The number of rotatable bonds is 24. The molecule has 0 aliphatic heterocycles. The molecule has 115 heavy (non-hydrogen) atoms. The number of amides is 1. The maximum Gasteiger partial charge on any atom is 0.416 e. The van der Waals surface area contributed by atoms with Crippen molar-refractivity contribution in [3.05, 3.63) is 335 Å². The first-order chi connectivity index (χ1) is 55.3. The zero-order valence-corrected chi connectivity index (χ0v) is 69.8. The van der Waals surface area contributed by atoms with Crippen LogP contribution >= 0.6 is 80.5 Å². The van der Waals surface area contributed by atoms with Gasteiger partial charge in [0.2, 0.25) is 0 Å². The van der Waals surface area contributed by atoms with Crippen LogP contribution < -0.4 is 22.1 Å². The zero-order chi connectivity index (χ0) is 83.1. The summed E-state index contributed by atoms with van der Waals surface area (Å²) >= 11 is 17.5. The number of azide groups is 1. The van der Waals surface area contributed by atoms with E-state index in [-0.39, 0.29) is 31.6 Å². The fourth-order valence-corrected chi connectivity index (χ4v) is 14.2. The Morgan fingerprint density at radius 3 is 1.51 bits per heavy atom. The monoisotopic (exact) mass is 1690 g/mol. The standard InChI is InChI=1S/C21H15F3N4OS.C14H15NO2S.C12H12N4S.C12H14N2S.C12H13NOS.C9H11NS.C5H7ClO3/c22-21(23,24)15-4-6-16(7-5-15)28-20-27-12-17(30-20)11-26-19(29)14-3-8-18-13(10-14)2-1-9-25-18;1-3-17-14(16)12-9-15-13(18-12)8-11-6-4-10(2)5-7-11;1-9-2-4-10(5-3-9)6-12-14-7-11(17-12)8-15-16-13;1-9-2-4-10(5-3-9)6-12-14-8-11(7-13)15-12;1-9-2-4-10(5-3-9)6-12-13-7-11(8-14)15-12;1-7-2-4-8(5-3-7)6-9(10)11;1-2-9-5(8)4(6)3-7/h1-10,12H,11H2,(H,26,29)(H,27,28);4-7,9H,3,8H2,1-2H3;2-5,7H,6,8H2,1H3;2-5,8H,6-7,13H2,1H3;2-5,7,14H,6,8H2,1H3;2-5H,6H2,1H3,(H2,10,11);3-4H,2H2,1H3. The second-order valence-corrected chi connectivity index (χ2v) is 32.1. The number of nitrogens with zero attached hydrogens (tertiary/aromatic N) is 9. The molecule has 30 heteroatoms. The Morgan fingerprint density at radius 1 is 0.600 bits per heavy atom. The van der Waals surface area contributed by atoms with Gasteiger partial charge in [0.25, 0.3) is 5.91 Å². The topological polar surface area (TPSA) is 309 Å². The van der Waals surface area contributed by atoms with E-state index in [1.807, 2.05) is 18.3 Å². The summed E-state index contributed by atoms with van der Waals surface area (Å²) in [5, 5.41) is 22.7. The number of carbonyl (C=O) groups is 4. The molecule has 1 atom stereocenters. The number of aldehydes is 1. The van der Waals surface area contributed by atoms with Crippen molar-refractivity contribution in [1.29, 1.82) is 0 Å². The Labute approximate surface area is 696 Å². The van der Waals surface area contributed by atoms with E-state index >= 15 is 0 Å². The molecule has 0 aliphatic rings. The van der Waals surface area contributed by atoms with Gasteiger partial charge in [-0.15, -0.1) is 56.9 Å². The smallest absolute Gasteiger partial charge is 0.416 e. The number of nitrogens with one attached hydrogen (secondary N) is 2. The van der Waals surface area contributed by atoms with Crippen molar-refractivity contribution in [3.63, 3.8) is 0 Å². The summed E-state index contributed by atoms with van der Waals surface area (Å²) in [6.07, 6.45) is 10.3. The Bertz CT molecular complexity index is 5130. The molecule has 0 saturated carbocycles. The number of anilines is 2. The van der Waals surface area contributed by atoms with Gasteiger partial charge < -0.3 is 41.5 Å². The van der Waals surface area contributed by atoms with E-state index in [9.17, 15) is 32.3 Å². The largest absolute Gasteiger partial charge is 0.465 e. The Hall–Kier alpha value is -10.8. The molecule has 7 aromatic carbocycles. The molecule has 0 radical (unpaired) electrons. The summed E-state index contributed by atoms with van der Waals surface area (Å²) in [5.74, 6) is -1.19. The number of aliphatic hydroxyl groups is 1. The highest BCUT2D eigenvalue weighted by Crippen LogP contribution is 2.32. The van der Waals surface area contributed by atoms with Gasteiger partial charge in [0.05, 0.1) is 80.1 Å². The number of hydrogen-bond acceptors (Lipinski definition) is 22. The van der Waals surface area contributed by atoms with E-state index < -0.39 is 23.1 Å². The maximum absolute atomic E-state index is 12.6. The summed E-state index contributed by atoms with van der Waals surface area (Å²) in [5.41, 5.74) is 32.8. The molecule has 0 aliphatic carbocycles. The van der Waals surface area contributed by atoms with Gasteiger partial charge in [-0.2, -0.15) is 13.2 Å². The predicted molar refractivity (Wildman–Crippen MR) is 461 cm³/mol. The lowest BCUT2D eigenvalue weighted by Crippen LogP contribution is -2.22. The number of ether oxygens (including phenoxy) is 2. The number of hydrogen-bond donors (Lipinski definition) is 5. The van der Waals surface area contributed by atoms with Crippen LogP contribution in [0.15, 0.2) is 218 Å². The number of aryl methyl sites for hydroxylation is 5. The number of halogens is 4. The van der Waals surface area contributed by atoms with Gasteiger partial charge in [-0.25, -0.2) is 34.5 Å². The van der Waals surface area contributed by atoms with Gasteiger partial charge in [-0.1, -0.05) is 184 Å². The molecular weight excluding hydrogens is 1600 g/mol. The van der Waals surface area contributed by atoms with Crippen LogP contribution in [0, 0.1) is 34.6 Å². The summed E-state index contributed by atoms with van der Waals surface area (Å²) in [4.78, 5) is 77.5. The number of aromatic nitrogens is 6. The van der Waals surface area contributed by atoms with Gasteiger partial charge >= 0.3 is 18.1 Å². The number of esters is 2. The lowest BCUT2D eigenvalue weighted by Gasteiger charge is -2.07. The molecule has 13 rings (SSSR count). The summed E-state index contributed by atoms with van der Waals surface area (Å²) in [6, 6.07) is 55.7. The second-order valence-electron chi connectivity index (χ2n) is 25.2. The van der Waals surface area contributed by atoms with Crippen molar-refractivity contribution < 1.29 is 46.9 Å². The molecule has 1 unspecified atom stereocenters. The molecule has 0 fully saturated rings. The molecule has 6 aromatic heterocycles. The van der Waals surface area contributed by atoms with E-state index in [1.54, 1.807) is 97.0 Å². The third-order valence-corrected chi connectivity index (χ3v) is 21.1. The van der Waals surface area contributed by atoms with E-state index in [1.165, 1.54) is 90.4 Å². The van der Waals surface area contributed by atoms with Crippen molar-refractivity contribution >= 4 is 131 Å². The quantitative estimate of drug-likeness (QED) is 0.00549. The van der Waals surface area contributed by atoms with E-state index in [4.69, 9.17) is 50.7 Å². The van der Waals surface area contributed by atoms with Crippen LogP contribution in [0.25, 0.3) is 21.3 Å². The molecular formula is C85H87ClF3N13O7S6. The van der Waals surface area contributed by atoms with Gasteiger partial charge in [0, 0.05) is 106 Å². The molecule has 0 bridgehead atoms. The molecule has 6 heterocycles. The van der Waals surface area contributed by atoms with Crippen LogP contribution in [0.4, 0.5) is 24.0 Å². The molecule has 0 spiro atoms. The van der Waals surface area contributed by atoms with Gasteiger partial charge in [0.1, 0.15) is 11.2 Å². The lowest BCUT2D eigenvalue weighted by molar-refractivity contribution is -0.143. The third kappa shape index (κ3) is 33.6. The molecule has 13 aromatic rings. The van der Waals surface area contributed by atoms with Crippen LogP contribution in [0.3, 0.4) is 0 Å². The van der Waals surface area contributed by atoms with Crippen molar-refractivity contribution in [1.82, 2.24) is 35.2 Å². The average Bonchev–Trinajstić information content (AvgIpc) is 1.02. The zero-order valence-electron chi connectivity index (χ0n) is 64.2. The van der Waals surface area contributed by atoms with Crippen LogP contribution in [-0.2, 0) is 83.6 Å². The number of alkyl halides is 4. The fraction of sp³-hybridized carbons (Fsp3) is 0.235. The Balaban J connectivity index is 0.000000192. The van der Waals surface area contributed by atoms with E-state index in [0.717, 1.165) is 88.3 Å². The number of aliphatic hydroxyl groups excluding tert-OH is 1.